The zero-order chi connectivity index (χ0) is 22.6. The maximum Gasteiger partial charge on any atom is 0.408 e. The average Bonchev–Trinajstić information content (AvgIpc) is 2.82. The lowest BCUT2D eigenvalue weighted by Gasteiger charge is -2.26. The highest BCUT2D eigenvalue weighted by Crippen LogP contribution is 2.30. The lowest BCUT2D eigenvalue weighted by Crippen LogP contribution is -2.41. The first-order chi connectivity index (χ1) is 15.5. The van der Waals surface area contributed by atoms with Crippen LogP contribution in [0.15, 0.2) is 85.2 Å². The van der Waals surface area contributed by atoms with E-state index in [2.05, 4.69) is 10.3 Å². The fourth-order valence-electron chi connectivity index (χ4n) is 3.72. The predicted octanol–water partition coefficient (Wildman–Crippen LogP) is 5.88. The number of ether oxygens (including phenoxy) is 1. The molecule has 0 radical (unpaired) electrons. The smallest absolute Gasteiger partial charge is 0.408 e. The minimum Gasteiger partial charge on any atom is -0.445 e. The minimum absolute atomic E-state index is 0.216. The summed E-state index contributed by atoms with van der Waals surface area (Å²) in [4.78, 5) is 28.3. The summed E-state index contributed by atoms with van der Waals surface area (Å²) in [5, 5.41) is 4.72. The van der Waals surface area contributed by atoms with Crippen molar-refractivity contribution in [3.63, 3.8) is 0 Å². The van der Waals surface area contributed by atoms with Crippen LogP contribution in [0.4, 0.5) is 4.79 Å². The average molecular weight is 425 g/mol. The van der Waals surface area contributed by atoms with Crippen molar-refractivity contribution in [3.05, 3.63) is 102 Å². The van der Waals surface area contributed by atoms with Gasteiger partial charge in [-0.15, -0.1) is 0 Å². The maximum absolute atomic E-state index is 12.3. The summed E-state index contributed by atoms with van der Waals surface area (Å²) in [5.74, 6) is 0. The molecule has 4 rings (SSSR count). The second kappa shape index (κ2) is 9.02. The SMILES string of the molecule is CC(C)(NC(=O)OCc1ccccc1)c1ccc(-c2ccc3cnccc3c2C=O)cc1. The molecule has 1 N–H and O–H groups in total. The number of nitrogens with one attached hydrogen (secondary N) is 1. The second-order valence-electron chi connectivity index (χ2n) is 8.13. The standard InChI is InChI=1S/C27H24N2O3/c1-27(2,29-26(31)32-18-19-6-4-3-5-7-19)22-11-8-20(9-12-22)23-13-10-21-16-28-15-14-24(21)25(23)17-30/h3-17H,18H2,1-2H3,(H,29,31). The summed E-state index contributed by atoms with van der Waals surface area (Å²) < 4.78 is 5.36. The monoisotopic (exact) mass is 424 g/mol. The first-order valence-corrected chi connectivity index (χ1v) is 10.4. The van der Waals surface area contributed by atoms with Gasteiger partial charge in [-0.05, 0) is 47.6 Å². The van der Waals surface area contributed by atoms with E-state index in [0.717, 1.165) is 39.3 Å². The first-order valence-electron chi connectivity index (χ1n) is 10.4. The van der Waals surface area contributed by atoms with Crippen molar-refractivity contribution < 1.29 is 14.3 Å². The van der Waals surface area contributed by atoms with Gasteiger partial charge in [-0.3, -0.25) is 9.78 Å². The van der Waals surface area contributed by atoms with Crippen LogP contribution in [-0.2, 0) is 16.9 Å². The number of pyridine rings is 1. The van der Waals surface area contributed by atoms with Gasteiger partial charge in [0.2, 0.25) is 0 Å². The molecule has 0 fully saturated rings. The highest BCUT2D eigenvalue weighted by molar-refractivity contribution is 6.04. The summed E-state index contributed by atoms with van der Waals surface area (Å²) in [6.07, 6.45) is 3.85. The van der Waals surface area contributed by atoms with Crippen LogP contribution in [0.1, 0.15) is 35.3 Å². The van der Waals surface area contributed by atoms with Crippen molar-refractivity contribution >= 4 is 23.2 Å². The molecule has 1 aromatic heterocycles. The van der Waals surface area contributed by atoms with E-state index >= 15 is 0 Å². The molecule has 0 saturated heterocycles. The second-order valence-corrected chi connectivity index (χ2v) is 8.13. The van der Waals surface area contributed by atoms with Crippen LogP contribution < -0.4 is 5.32 Å². The van der Waals surface area contributed by atoms with Gasteiger partial charge >= 0.3 is 6.09 Å². The molecular weight excluding hydrogens is 400 g/mol. The summed E-state index contributed by atoms with van der Waals surface area (Å²) in [7, 11) is 0. The molecule has 0 bridgehead atoms. The van der Waals surface area contributed by atoms with Crippen LogP contribution >= 0.6 is 0 Å². The van der Waals surface area contributed by atoms with Crippen molar-refractivity contribution in [2.75, 3.05) is 0 Å². The molecule has 3 aromatic carbocycles. The third-order valence-electron chi connectivity index (χ3n) is 5.52. The number of amides is 1. The molecule has 0 aliphatic rings. The predicted molar refractivity (Wildman–Crippen MR) is 125 cm³/mol. The van der Waals surface area contributed by atoms with E-state index in [1.54, 1.807) is 12.4 Å². The fraction of sp³-hybridized carbons (Fsp3) is 0.148. The van der Waals surface area contributed by atoms with Crippen molar-refractivity contribution in [1.29, 1.82) is 0 Å². The van der Waals surface area contributed by atoms with Gasteiger partial charge < -0.3 is 10.1 Å². The Bertz CT molecular complexity index is 1250. The molecule has 1 amide bonds. The van der Waals surface area contributed by atoms with Gasteiger partial charge in [-0.1, -0.05) is 66.7 Å². The number of hydrogen-bond acceptors (Lipinski definition) is 4. The Balaban J connectivity index is 1.51. The normalized spacial score (nSPS) is 11.2. The highest BCUT2D eigenvalue weighted by Gasteiger charge is 2.24. The third kappa shape index (κ3) is 4.52. The van der Waals surface area contributed by atoms with E-state index < -0.39 is 11.6 Å². The number of carbonyl (C=O) groups is 2. The van der Waals surface area contributed by atoms with Crippen LogP contribution in [0.2, 0.25) is 0 Å². The molecule has 4 aromatic rings. The zero-order valence-electron chi connectivity index (χ0n) is 18.0. The number of aromatic nitrogens is 1. The molecule has 0 aliphatic carbocycles. The molecule has 0 saturated carbocycles. The minimum atomic E-state index is -0.630. The van der Waals surface area contributed by atoms with E-state index in [-0.39, 0.29) is 6.61 Å². The first kappa shape index (κ1) is 21.2. The highest BCUT2D eigenvalue weighted by atomic mass is 16.5. The Labute approximate surface area is 187 Å². The van der Waals surface area contributed by atoms with E-state index in [4.69, 9.17) is 4.74 Å². The van der Waals surface area contributed by atoms with Crippen LogP contribution in [0.5, 0.6) is 0 Å². The topological polar surface area (TPSA) is 68.3 Å². The lowest BCUT2D eigenvalue weighted by atomic mass is 9.90. The van der Waals surface area contributed by atoms with E-state index in [0.29, 0.717) is 5.56 Å². The Morgan fingerprint density at radius 3 is 2.47 bits per heavy atom. The number of aldehydes is 1. The molecular formula is C27H24N2O3. The van der Waals surface area contributed by atoms with Gasteiger partial charge in [0, 0.05) is 23.3 Å². The number of hydrogen-bond donors (Lipinski definition) is 1. The molecule has 1 heterocycles. The Morgan fingerprint density at radius 1 is 1.00 bits per heavy atom. The van der Waals surface area contributed by atoms with Crippen LogP contribution in [-0.4, -0.2) is 17.4 Å². The van der Waals surface area contributed by atoms with Crippen LogP contribution in [0.25, 0.3) is 21.9 Å². The molecule has 5 heteroatoms. The molecule has 0 aliphatic heterocycles. The van der Waals surface area contributed by atoms with E-state index in [1.165, 1.54) is 0 Å². The van der Waals surface area contributed by atoms with Crippen molar-refractivity contribution in [2.24, 2.45) is 0 Å². The van der Waals surface area contributed by atoms with Gasteiger partial charge in [0.1, 0.15) is 6.61 Å². The van der Waals surface area contributed by atoms with E-state index in [1.807, 2.05) is 86.6 Å². The van der Waals surface area contributed by atoms with E-state index in [9.17, 15) is 9.59 Å². The van der Waals surface area contributed by atoms with Crippen LogP contribution in [0.3, 0.4) is 0 Å². The Morgan fingerprint density at radius 2 is 1.75 bits per heavy atom. The molecule has 160 valence electrons. The van der Waals surface area contributed by atoms with Crippen molar-refractivity contribution in [1.82, 2.24) is 10.3 Å². The number of benzene rings is 3. The fourth-order valence-corrected chi connectivity index (χ4v) is 3.72. The number of carbonyl (C=O) groups excluding carboxylic acids is 2. The molecule has 0 atom stereocenters. The number of nitrogens with zero attached hydrogens (tertiary/aromatic N) is 1. The quantitative estimate of drug-likeness (QED) is 0.393. The summed E-state index contributed by atoms with van der Waals surface area (Å²) in [5.41, 5.74) is 3.65. The number of rotatable bonds is 6. The van der Waals surface area contributed by atoms with Crippen LogP contribution in [0, 0.1) is 0 Å². The summed E-state index contributed by atoms with van der Waals surface area (Å²) in [6.45, 7) is 4.06. The summed E-state index contributed by atoms with van der Waals surface area (Å²) >= 11 is 0. The van der Waals surface area contributed by atoms with Gasteiger partial charge in [0.05, 0.1) is 5.54 Å². The maximum atomic E-state index is 12.3. The number of fused-ring (bicyclic) bond motifs is 1. The third-order valence-corrected chi connectivity index (χ3v) is 5.52. The van der Waals surface area contributed by atoms with Crippen molar-refractivity contribution in [3.8, 4) is 11.1 Å². The zero-order valence-corrected chi connectivity index (χ0v) is 18.0. The molecule has 0 unspecified atom stereocenters. The lowest BCUT2D eigenvalue weighted by molar-refractivity contribution is 0.112. The Hall–Kier alpha value is -3.99. The largest absolute Gasteiger partial charge is 0.445 e. The molecule has 0 spiro atoms. The van der Waals surface area contributed by atoms with Gasteiger partial charge in [0.25, 0.3) is 0 Å². The number of alkyl carbamates (subject to hydrolysis) is 1. The Kier molecular flexibility index (Phi) is 5.99. The van der Waals surface area contributed by atoms with Crippen molar-refractivity contribution in [2.45, 2.75) is 26.0 Å². The molecule has 5 nitrogen and oxygen atoms in total. The molecule has 32 heavy (non-hydrogen) atoms. The summed E-state index contributed by atoms with van der Waals surface area (Å²) in [6, 6.07) is 23.1. The van der Waals surface area contributed by atoms with Gasteiger partial charge in [0.15, 0.2) is 6.29 Å². The van der Waals surface area contributed by atoms with Gasteiger partial charge in [-0.2, -0.15) is 0 Å². The van der Waals surface area contributed by atoms with Gasteiger partial charge in [-0.25, -0.2) is 4.79 Å².